The number of rotatable bonds is 3. The quantitative estimate of drug-likeness (QED) is 0.874. The van der Waals surface area contributed by atoms with Gasteiger partial charge in [-0.3, -0.25) is 9.97 Å². The van der Waals surface area contributed by atoms with E-state index in [-0.39, 0.29) is 0 Å². The monoisotopic (exact) mass is 230 g/mol. The Morgan fingerprint density at radius 3 is 2.82 bits per heavy atom. The average molecular weight is 230 g/mol. The summed E-state index contributed by atoms with van der Waals surface area (Å²) >= 11 is 0. The molecule has 0 saturated carbocycles. The van der Waals surface area contributed by atoms with Crippen molar-refractivity contribution in [2.24, 2.45) is 0 Å². The van der Waals surface area contributed by atoms with Gasteiger partial charge in [0.2, 0.25) is 0 Å². The van der Waals surface area contributed by atoms with Crippen molar-refractivity contribution in [2.75, 3.05) is 7.11 Å². The molecule has 2 aromatic heterocycles. The maximum atomic E-state index is 10.3. The fraction of sp³-hybridized carbons (Fsp3) is 0.231. The molecule has 0 aliphatic rings. The van der Waals surface area contributed by atoms with Crippen LogP contribution in [0.1, 0.15) is 22.9 Å². The zero-order valence-electron chi connectivity index (χ0n) is 9.79. The third-order valence-corrected chi connectivity index (χ3v) is 2.64. The number of hydrogen-bond donors (Lipinski definition) is 1. The molecular formula is C13H14N2O2. The SMILES string of the molecule is COc1cccnc1C(O)c1ccncc1C. The van der Waals surface area contributed by atoms with Crippen molar-refractivity contribution in [2.45, 2.75) is 13.0 Å². The topological polar surface area (TPSA) is 55.2 Å². The van der Waals surface area contributed by atoms with Gasteiger partial charge in [-0.25, -0.2) is 0 Å². The van der Waals surface area contributed by atoms with E-state index in [4.69, 9.17) is 4.74 Å². The fourth-order valence-corrected chi connectivity index (χ4v) is 1.72. The van der Waals surface area contributed by atoms with Crippen molar-refractivity contribution in [1.29, 1.82) is 0 Å². The molecular weight excluding hydrogens is 216 g/mol. The highest BCUT2D eigenvalue weighted by atomic mass is 16.5. The second-order valence-corrected chi connectivity index (χ2v) is 3.73. The van der Waals surface area contributed by atoms with Gasteiger partial charge in [0.25, 0.3) is 0 Å². The summed E-state index contributed by atoms with van der Waals surface area (Å²) in [6.07, 6.45) is 4.21. The van der Waals surface area contributed by atoms with Crippen LogP contribution in [0.5, 0.6) is 5.75 Å². The predicted molar refractivity (Wildman–Crippen MR) is 63.8 cm³/mol. The van der Waals surface area contributed by atoms with Crippen LogP contribution in [0.15, 0.2) is 36.8 Å². The minimum Gasteiger partial charge on any atom is -0.495 e. The zero-order chi connectivity index (χ0) is 12.3. The first-order valence-corrected chi connectivity index (χ1v) is 5.31. The molecule has 0 aliphatic heterocycles. The lowest BCUT2D eigenvalue weighted by molar-refractivity contribution is 0.208. The first-order valence-electron chi connectivity index (χ1n) is 5.31. The van der Waals surface area contributed by atoms with Crippen LogP contribution < -0.4 is 4.74 Å². The Labute approximate surface area is 99.9 Å². The van der Waals surface area contributed by atoms with E-state index in [0.29, 0.717) is 11.4 Å². The van der Waals surface area contributed by atoms with Crippen LogP contribution in [-0.4, -0.2) is 22.2 Å². The number of hydrogen-bond acceptors (Lipinski definition) is 4. The molecule has 0 aromatic carbocycles. The predicted octanol–water partition coefficient (Wildman–Crippen LogP) is 1.88. The van der Waals surface area contributed by atoms with E-state index in [2.05, 4.69) is 9.97 Å². The maximum Gasteiger partial charge on any atom is 0.143 e. The Morgan fingerprint density at radius 1 is 1.29 bits per heavy atom. The molecule has 4 nitrogen and oxygen atoms in total. The molecule has 0 radical (unpaired) electrons. The van der Waals surface area contributed by atoms with Crippen LogP contribution in [0.2, 0.25) is 0 Å². The maximum absolute atomic E-state index is 10.3. The van der Waals surface area contributed by atoms with Crippen LogP contribution in [0.25, 0.3) is 0 Å². The number of aryl methyl sites for hydroxylation is 1. The molecule has 0 fully saturated rings. The first kappa shape index (κ1) is 11.5. The Bertz CT molecular complexity index is 514. The number of aliphatic hydroxyl groups is 1. The van der Waals surface area contributed by atoms with E-state index in [9.17, 15) is 5.11 Å². The van der Waals surface area contributed by atoms with Crippen molar-refractivity contribution >= 4 is 0 Å². The molecule has 0 aliphatic carbocycles. The Balaban J connectivity index is 2.44. The number of aromatic nitrogens is 2. The highest BCUT2D eigenvalue weighted by molar-refractivity contribution is 5.37. The molecule has 17 heavy (non-hydrogen) atoms. The van der Waals surface area contributed by atoms with Crippen molar-refractivity contribution < 1.29 is 9.84 Å². The van der Waals surface area contributed by atoms with E-state index in [1.807, 2.05) is 6.92 Å². The largest absolute Gasteiger partial charge is 0.495 e. The number of methoxy groups -OCH3 is 1. The van der Waals surface area contributed by atoms with Crippen molar-refractivity contribution in [3.8, 4) is 5.75 Å². The van der Waals surface area contributed by atoms with E-state index in [0.717, 1.165) is 11.1 Å². The van der Waals surface area contributed by atoms with Gasteiger partial charge in [-0.2, -0.15) is 0 Å². The molecule has 2 rings (SSSR count). The van der Waals surface area contributed by atoms with Crippen molar-refractivity contribution in [1.82, 2.24) is 9.97 Å². The fourth-order valence-electron chi connectivity index (χ4n) is 1.72. The highest BCUT2D eigenvalue weighted by Crippen LogP contribution is 2.28. The summed E-state index contributed by atoms with van der Waals surface area (Å²) in [6.45, 7) is 1.90. The summed E-state index contributed by atoms with van der Waals surface area (Å²) in [6, 6.07) is 5.34. The van der Waals surface area contributed by atoms with Crippen molar-refractivity contribution in [3.05, 3.63) is 53.6 Å². The van der Waals surface area contributed by atoms with Gasteiger partial charge in [0.1, 0.15) is 17.5 Å². The lowest BCUT2D eigenvalue weighted by atomic mass is 10.0. The van der Waals surface area contributed by atoms with E-state index >= 15 is 0 Å². The number of ether oxygens (including phenoxy) is 1. The van der Waals surface area contributed by atoms with Gasteiger partial charge < -0.3 is 9.84 Å². The second-order valence-electron chi connectivity index (χ2n) is 3.73. The first-order chi connectivity index (χ1) is 8.24. The Hall–Kier alpha value is -1.94. The smallest absolute Gasteiger partial charge is 0.143 e. The summed E-state index contributed by atoms with van der Waals surface area (Å²) in [7, 11) is 1.56. The molecule has 1 atom stereocenters. The third kappa shape index (κ3) is 2.26. The lowest BCUT2D eigenvalue weighted by Gasteiger charge is -2.15. The van der Waals surface area contributed by atoms with E-state index in [1.54, 1.807) is 43.9 Å². The van der Waals surface area contributed by atoms with Gasteiger partial charge in [-0.1, -0.05) is 0 Å². The van der Waals surface area contributed by atoms with Gasteiger partial charge >= 0.3 is 0 Å². The highest BCUT2D eigenvalue weighted by Gasteiger charge is 2.18. The standard InChI is InChI=1S/C13H14N2O2/c1-9-8-14-7-5-10(9)13(16)12-11(17-2)4-3-6-15-12/h3-8,13,16H,1-2H3. The molecule has 2 aromatic rings. The van der Waals surface area contributed by atoms with Crippen LogP contribution in [0, 0.1) is 6.92 Å². The molecule has 1 unspecified atom stereocenters. The molecule has 0 amide bonds. The molecule has 4 heteroatoms. The van der Waals surface area contributed by atoms with Gasteiger partial charge in [0.05, 0.1) is 7.11 Å². The minimum absolute atomic E-state index is 0.518. The van der Waals surface area contributed by atoms with Crippen LogP contribution in [0.3, 0.4) is 0 Å². The summed E-state index contributed by atoms with van der Waals surface area (Å²) in [4.78, 5) is 8.17. The van der Waals surface area contributed by atoms with Crippen LogP contribution in [-0.2, 0) is 0 Å². The van der Waals surface area contributed by atoms with Gasteiger partial charge in [0, 0.05) is 18.6 Å². The Morgan fingerprint density at radius 2 is 2.12 bits per heavy atom. The molecule has 88 valence electrons. The second kappa shape index (κ2) is 4.93. The van der Waals surface area contributed by atoms with Crippen LogP contribution in [0.4, 0.5) is 0 Å². The summed E-state index contributed by atoms with van der Waals surface area (Å²) in [5.74, 6) is 0.580. The summed E-state index contributed by atoms with van der Waals surface area (Å²) in [5.41, 5.74) is 2.23. The number of aliphatic hydroxyl groups excluding tert-OH is 1. The summed E-state index contributed by atoms with van der Waals surface area (Å²) in [5, 5.41) is 10.3. The lowest BCUT2D eigenvalue weighted by Crippen LogP contribution is -2.06. The zero-order valence-corrected chi connectivity index (χ0v) is 9.79. The van der Waals surface area contributed by atoms with Gasteiger partial charge in [-0.05, 0) is 36.2 Å². The molecule has 2 heterocycles. The van der Waals surface area contributed by atoms with Gasteiger partial charge in [0.15, 0.2) is 0 Å². The number of pyridine rings is 2. The normalized spacial score (nSPS) is 12.2. The average Bonchev–Trinajstić information content (AvgIpc) is 2.38. The Kier molecular flexibility index (Phi) is 3.35. The molecule has 0 spiro atoms. The van der Waals surface area contributed by atoms with E-state index in [1.165, 1.54) is 0 Å². The van der Waals surface area contributed by atoms with Crippen LogP contribution >= 0.6 is 0 Å². The molecule has 0 saturated heterocycles. The number of nitrogens with zero attached hydrogens (tertiary/aromatic N) is 2. The minimum atomic E-state index is -0.797. The molecule has 0 bridgehead atoms. The van der Waals surface area contributed by atoms with E-state index < -0.39 is 6.10 Å². The third-order valence-electron chi connectivity index (χ3n) is 2.64. The van der Waals surface area contributed by atoms with Crippen molar-refractivity contribution in [3.63, 3.8) is 0 Å². The molecule has 1 N–H and O–H groups in total. The summed E-state index contributed by atoms with van der Waals surface area (Å²) < 4.78 is 5.19. The van der Waals surface area contributed by atoms with Gasteiger partial charge in [-0.15, -0.1) is 0 Å².